The first-order valence-electron chi connectivity index (χ1n) is 9.20. The van der Waals surface area contributed by atoms with Crippen LogP contribution in [-0.2, 0) is 10.8 Å². The van der Waals surface area contributed by atoms with Gasteiger partial charge in [-0.05, 0) is 53.2 Å². The molecule has 0 heterocycles. The second-order valence-electron chi connectivity index (χ2n) is 7.60. The zero-order chi connectivity index (χ0) is 19.2. The number of rotatable bonds is 10. The van der Waals surface area contributed by atoms with Crippen LogP contribution in [0.5, 0.6) is 5.75 Å². The number of benzene rings is 1. The molecule has 0 spiro atoms. The molecular weight excluding hydrogens is 332 g/mol. The summed E-state index contributed by atoms with van der Waals surface area (Å²) in [5.74, 6) is -0.170. The van der Waals surface area contributed by atoms with Gasteiger partial charge in [-0.25, -0.2) is 4.79 Å². The summed E-state index contributed by atoms with van der Waals surface area (Å²) in [6.07, 6.45) is 1.61. The first-order chi connectivity index (χ1) is 11.7. The molecule has 1 aromatic carbocycles. The quantitative estimate of drug-likeness (QED) is 0.438. The average molecular weight is 367 g/mol. The molecular formula is C20H34O4Si. The smallest absolute Gasteiger partial charge is 0.335 e. The Kier molecular flexibility index (Phi) is 8.15. The first kappa shape index (κ1) is 21.7. The van der Waals surface area contributed by atoms with E-state index in [2.05, 4.69) is 41.5 Å². The lowest BCUT2D eigenvalue weighted by Gasteiger charge is -2.42. The number of aryl methyl sites for hydroxylation is 1. The Morgan fingerprint density at radius 3 is 2.08 bits per heavy atom. The average Bonchev–Trinajstić information content (AvgIpc) is 2.53. The second-order valence-corrected chi connectivity index (χ2v) is 13.1. The maximum Gasteiger partial charge on any atom is 0.335 e. The Labute approximate surface area is 153 Å². The molecule has 4 nitrogen and oxygen atoms in total. The zero-order valence-corrected chi connectivity index (χ0v) is 17.8. The van der Waals surface area contributed by atoms with Gasteiger partial charge in [0.15, 0.2) is 8.32 Å². The fourth-order valence-electron chi connectivity index (χ4n) is 4.12. The fraction of sp³-hybridized carbons (Fsp3) is 0.650. The van der Waals surface area contributed by atoms with Crippen LogP contribution in [0.1, 0.15) is 63.9 Å². The third-order valence-corrected chi connectivity index (χ3v) is 11.3. The van der Waals surface area contributed by atoms with E-state index >= 15 is 0 Å². The third-order valence-electron chi connectivity index (χ3n) is 5.18. The molecule has 0 saturated carbocycles. The summed E-state index contributed by atoms with van der Waals surface area (Å²) in [6, 6.07) is 5.02. The minimum Gasteiger partial charge on any atom is -0.496 e. The van der Waals surface area contributed by atoms with E-state index in [0.29, 0.717) is 28.8 Å². The Morgan fingerprint density at radius 1 is 1.08 bits per heavy atom. The van der Waals surface area contributed by atoms with Gasteiger partial charge in [0.2, 0.25) is 0 Å². The summed E-state index contributed by atoms with van der Waals surface area (Å²) >= 11 is 0. The van der Waals surface area contributed by atoms with Crippen molar-refractivity contribution in [1.29, 1.82) is 0 Å². The van der Waals surface area contributed by atoms with Crippen molar-refractivity contribution < 1.29 is 19.1 Å². The van der Waals surface area contributed by atoms with E-state index in [1.807, 2.05) is 0 Å². The maximum atomic E-state index is 11.2. The molecule has 0 aromatic heterocycles. The summed E-state index contributed by atoms with van der Waals surface area (Å²) in [5.41, 5.74) is 2.93. The van der Waals surface area contributed by atoms with Crippen LogP contribution in [0.4, 0.5) is 0 Å². The summed E-state index contributed by atoms with van der Waals surface area (Å²) in [4.78, 5) is 11.2. The molecule has 25 heavy (non-hydrogen) atoms. The molecule has 0 fully saturated rings. The molecule has 0 bridgehead atoms. The van der Waals surface area contributed by atoms with E-state index in [9.17, 15) is 9.90 Å². The minimum absolute atomic E-state index is 0.298. The van der Waals surface area contributed by atoms with Gasteiger partial charge in [-0.15, -0.1) is 0 Å². The number of hydrogen-bond acceptors (Lipinski definition) is 3. The minimum atomic E-state index is -1.84. The van der Waals surface area contributed by atoms with Gasteiger partial charge in [0.1, 0.15) is 5.75 Å². The van der Waals surface area contributed by atoms with Gasteiger partial charge in [-0.1, -0.05) is 41.5 Å². The van der Waals surface area contributed by atoms with Crippen LogP contribution in [0.2, 0.25) is 16.6 Å². The van der Waals surface area contributed by atoms with E-state index in [4.69, 9.17) is 9.16 Å². The standard InChI is InChI=1S/C20H34O4Si/c1-14(2)25(15(3)4,16(5)6)24-12-8-9-17-13-18(20(21)22)10-11-19(17)23-7/h10-11,13-16H,8-9,12H2,1-7H3,(H,21,22). The summed E-state index contributed by atoms with van der Waals surface area (Å²) < 4.78 is 11.9. The highest BCUT2D eigenvalue weighted by Crippen LogP contribution is 2.42. The highest BCUT2D eigenvalue weighted by atomic mass is 28.4. The Morgan fingerprint density at radius 2 is 1.64 bits per heavy atom. The van der Waals surface area contributed by atoms with Gasteiger partial charge in [-0.3, -0.25) is 0 Å². The Bertz CT molecular complexity index is 545. The van der Waals surface area contributed by atoms with E-state index < -0.39 is 14.3 Å². The number of methoxy groups -OCH3 is 1. The van der Waals surface area contributed by atoms with Gasteiger partial charge in [0.05, 0.1) is 12.7 Å². The largest absolute Gasteiger partial charge is 0.496 e. The van der Waals surface area contributed by atoms with E-state index in [-0.39, 0.29) is 0 Å². The number of hydrogen-bond donors (Lipinski definition) is 1. The summed E-state index contributed by atoms with van der Waals surface area (Å²) in [5, 5.41) is 9.17. The molecule has 0 atom stereocenters. The predicted octanol–water partition coefficient (Wildman–Crippen LogP) is 5.52. The van der Waals surface area contributed by atoms with Crippen LogP contribution in [0.25, 0.3) is 0 Å². The number of aromatic carboxylic acids is 1. The summed E-state index contributed by atoms with van der Waals surface area (Å²) in [7, 11) is -0.227. The molecule has 0 amide bonds. The normalized spacial score (nSPS) is 12.2. The van der Waals surface area contributed by atoms with Gasteiger partial charge in [-0.2, -0.15) is 0 Å². The fourth-order valence-corrected chi connectivity index (χ4v) is 9.62. The molecule has 1 rings (SSSR count). The van der Waals surface area contributed by atoms with Crippen molar-refractivity contribution in [2.75, 3.05) is 13.7 Å². The van der Waals surface area contributed by atoms with Crippen molar-refractivity contribution in [3.05, 3.63) is 29.3 Å². The van der Waals surface area contributed by atoms with Crippen LogP contribution in [0.3, 0.4) is 0 Å². The SMILES string of the molecule is COc1ccc(C(=O)O)cc1CCCO[Si](C(C)C)(C(C)C)C(C)C. The second kappa shape index (κ2) is 9.39. The Balaban J connectivity index is 2.79. The Hall–Kier alpha value is -1.33. The van der Waals surface area contributed by atoms with E-state index in [0.717, 1.165) is 24.2 Å². The van der Waals surface area contributed by atoms with Crippen molar-refractivity contribution in [2.45, 2.75) is 71.0 Å². The zero-order valence-electron chi connectivity index (χ0n) is 16.8. The van der Waals surface area contributed by atoms with Crippen molar-refractivity contribution >= 4 is 14.3 Å². The van der Waals surface area contributed by atoms with Crippen LogP contribution in [-0.4, -0.2) is 33.1 Å². The molecule has 0 aliphatic heterocycles. The molecule has 0 unspecified atom stereocenters. The van der Waals surface area contributed by atoms with Crippen molar-refractivity contribution in [3.63, 3.8) is 0 Å². The van der Waals surface area contributed by atoms with Crippen LogP contribution < -0.4 is 4.74 Å². The lowest BCUT2D eigenvalue weighted by molar-refractivity contribution is 0.0696. The van der Waals surface area contributed by atoms with Gasteiger partial charge < -0.3 is 14.3 Å². The molecule has 0 saturated heterocycles. The van der Waals surface area contributed by atoms with E-state index in [1.165, 1.54) is 0 Å². The topological polar surface area (TPSA) is 55.8 Å². The number of carboxylic acids is 1. The highest BCUT2D eigenvalue weighted by Gasteiger charge is 2.44. The first-order valence-corrected chi connectivity index (χ1v) is 11.3. The van der Waals surface area contributed by atoms with Gasteiger partial charge in [0, 0.05) is 6.61 Å². The third kappa shape index (κ3) is 5.08. The molecule has 0 radical (unpaired) electrons. The van der Waals surface area contributed by atoms with Crippen LogP contribution in [0, 0.1) is 0 Å². The molecule has 0 aliphatic carbocycles. The van der Waals surface area contributed by atoms with Gasteiger partial charge >= 0.3 is 5.97 Å². The van der Waals surface area contributed by atoms with Crippen LogP contribution in [0.15, 0.2) is 18.2 Å². The molecule has 142 valence electrons. The number of ether oxygens (including phenoxy) is 1. The molecule has 5 heteroatoms. The number of carboxylic acid groups (broad SMARTS) is 1. The maximum absolute atomic E-state index is 11.2. The predicted molar refractivity (Wildman–Crippen MR) is 105 cm³/mol. The number of carbonyl (C=O) groups is 1. The van der Waals surface area contributed by atoms with Crippen molar-refractivity contribution in [1.82, 2.24) is 0 Å². The molecule has 1 aromatic rings. The monoisotopic (exact) mass is 366 g/mol. The van der Waals surface area contributed by atoms with Crippen LogP contribution >= 0.6 is 0 Å². The lowest BCUT2D eigenvalue weighted by Crippen LogP contribution is -2.48. The molecule has 1 N–H and O–H groups in total. The van der Waals surface area contributed by atoms with Gasteiger partial charge in [0.25, 0.3) is 0 Å². The lowest BCUT2D eigenvalue weighted by atomic mass is 10.1. The molecule has 0 aliphatic rings. The highest BCUT2D eigenvalue weighted by molar-refractivity contribution is 6.77. The summed E-state index contributed by atoms with van der Waals surface area (Å²) in [6.45, 7) is 14.4. The van der Waals surface area contributed by atoms with E-state index in [1.54, 1.807) is 25.3 Å². The van der Waals surface area contributed by atoms with Crippen molar-refractivity contribution in [2.24, 2.45) is 0 Å². The van der Waals surface area contributed by atoms with Crippen molar-refractivity contribution in [3.8, 4) is 5.75 Å².